The topological polar surface area (TPSA) is 196 Å². The molecule has 0 bridgehead atoms. The zero-order chi connectivity index (χ0) is 40.5. The summed E-state index contributed by atoms with van der Waals surface area (Å²) in [6, 6.07) is 6.78. The van der Waals surface area contributed by atoms with Gasteiger partial charge in [-0.3, -0.25) is 19.1 Å². The number of carbonyl (C=O) groups is 4. The van der Waals surface area contributed by atoms with Crippen LogP contribution in [-0.2, 0) is 29.1 Å². The van der Waals surface area contributed by atoms with Gasteiger partial charge in [0.1, 0.15) is 29.5 Å². The number of ether oxygens (including phenoxy) is 3. The van der Waals surface area contributed by atoms with Gasteiger partial charge >= 0.3 is 6.09 Å². The van der Waals surface area contributed by atoms with E-state index >= 15 is 0 Å². The molecule has 14 nitrogen and oxygen atoms in total. The Hall–Kier alpha value is -4.40. The highest BCUT2D eigenvalue weighted by molar-refractivity contribution is 7.91. The van der Waals surface area contributed by atoms with Crippen LogP contribution >= 0.6 is 0 Å². The minimum Gasteiger partial charge on any atom is -0.491 e. The third kappa shape index (κ3) is 9.67. The molecule has 57 heavy (non-hydrogen) atoms. The predicted molar refractivity (Wildman–Crippen MR) is 221 cm³/mol. The second kappa shape index (κ2) is 16.8. The molecule has 0 radical (unpaired) electrons. The number of amides is 4. The van der Waals surface area contributed by atoms with E-state index in [2.05, 4.69) is 28.9 Å². The highest BCUT2D eigenvalue weighted by atomic mass is 32.2. The monoisotopic (exact) mass is 815 g/mol. The highest BCUT2D eigenvalue weighted by Crippen LogP contribution is 2.52. The molecule has 1 saturated heterocycles. The Morgan fingerprint density at radius 2 is 1.75 bits per heavy atom. The van der Waals surface area contributed by atoms with Gasteiger partial charge in [-0.25, -0.2) is 18.2 Å². The fraction of sp³-hybridized carbons (Fsp3) is 0.643. The van der Waals surface area contributed by atoms with E-state index in [-0.39, 0.29) is 55.4 Å². The Labute approximate surface area is 341 Å². The lowest BCUT2D eigenvalue weighted by Crippen LogP contribution is -2.56. The lowest BCUT2D eigenvalue weighted by Gasteiger charge is -2.27. The van der Waals surface area contributed by atoms with Gasteiger partial charge in [0.15, 0.2) is 0 Å². The number of allylic oxidation sites excluding steroid dienone is 1. The number of nitrogens with zero attached hydrogens (tertiary/aromatic N) is 2. The number of nitrogens with two attached hydrogens (primary N) is 1. The molecule has 3 heterocycles. The first kappa shape index (κ1) is 40.8. The van der Waals surface area contributed by atoms with E-state index in [9.17, 15) is 27.6 Å². The molecule has 5 fully saturated rings. The van der Waals surface area contributed by atoms with Gasteiger partial charge in [0.2, 0.25) is 27.7 Å². The van der Waals surface area contributed by atoms with Crippen LogP contribution in [0.4, 0.5) is 4.79 Å². The zero-order valence-corrected chi connectivity index (χ0v) is 34.0. The maximum atomic E-state index is 14.1. The van der Waals surface area contributed by atoms with Gasteiger partial charge in [0.25, 0.3) is 5.91 Å². The van der Waals surface area contributed by atoms with Crippen molar-refractivity contribution < 1.29 is 47.5 Å². The average Bonchev–Trinajstić information content (AvgIpc) is 4.12. The number of benzene rings is 1. The Morgan fingerprint density at radius 3 is 2.46 bits per heavy atom. The number of fused-ring (bicyclic) bond motifs is 4. The molecule has 8 rings (SSSR count). The van der Waals surface area contributed by atoms with E-state index in [4.69, 9.17) is 19.9 Å². The number of pyridine rings is 1. The summed E-state index contributed by atoms with van der Waals surface area (Å²) < 4.78 is 44.9. The van der Waals surface area contributed by atoms with E-state index in [0.717, 1.165) is 61.1 Å². The summed E-state index contributed by atoms with van der Waals surface area (Å²) in [6.45, 7) is 7.01. The summed E-state index contributed by atoms with van der Waals surface area (Å²) in [5.74, 6) is 1.56. The third-order valence-electron chi connectivity index (χ3n) is 12.3. The molecule has 4 N–H and O–H groups in total. The molecule has 6 aliphatic rings. The van der Waals surface area contributed by atoms with Crippen LogP contribution < -0.4 is 25.2 Å². The second-order valence-electron chi connectivity index (χ2n) is 17.2. The molecule has 2 aromatic rings. The summed E-state index contributed by atoms with van der Waals surface area (Å²) in [5.41, 5.74) is 3.48. The van der Waals surface area contributed by atoms with Gasteiger partial charge < -0.3 is 30.2 Å². The van der Waals surface area contributed by atoms with Crippen molar-refractivity contribution in [2.75, 3.05) is 13.2 Å². The minimum absolute atomic E-state index is 0. The van der Waals surface area contributed by atoms with Crippen molar-refractivity contribution in [1.29, 1.82) is 0 Å². The molecule has 9 atom stereocenters. The van der Waals surface area contributed by atoms with Crippen LogP contribution in [0.25, 0.3) is 10.8 Å². The van der Waals surface area contributed by atoms with Gasteiger partial charge in [0, 0.05) is 35.2 Å². The van der Waals surface area contributed by atoms with Crippen molar-refractivity contribution in [3.63, 3.8) is 0 Å². The smallest absolute Gasteiger partial charge is 0.404 e. The molecule has 2 unspecified atom stereocenters. The average molecular weight is 816 g/mol. The van der Waals surface area contributed by atoms with Crippen LogP contribution in [0.15, 0.2) is 42.6 Å². The summed E-state index contributed by atoms with van der Waals surface area (Å²) in [5, 5.41) is 3.98. The molecule has 1 aromatic heterocycles. The lowest BCUT2D eigenvalue weighted by atomic mass is 9.91. The van der Waals surface area contributed by atoms with Gasteiger partial charge in [-0.15, -0.1) is 0 Å². The number of hydrogen-bond donors (Lipinski definition) is 3. The van der Waals surface area contributed by atoms with E-state index in [1.54, 1.807) is 11.1 Å². The standard InChI is InChI=1S/C35H46N4O7S.C7H11NO2.4H2/c1-4-15-45-30-20-36-33(28-12-8-7-11-27(28)30)46-25-18-29-32(41)37-35(34(42)38-47(43,44)26-13-14-26)19-24(35)10-6-5-9-22(2)16-23(3)17-31(40)39(29)21-25;8-7(9)10-6-2-4-1-5(4)3-6;;;;/h6-8,10-12,20,22-26,29H,4-5,9,13-19,21H2,1-3H3,(H,37,41)(H,38,42);4-6H,1-3H2,(H2,8,9);4*1H/b10-6-;;;;;/t22-,23+,24+,25+,29-,35+;4-,5?,6?;;;;/m01..../s1. The molecule has 0 spiro atoms. The van der Waals surface area contributed by atoms with Gasteiger partial charge in [-0.1, -0.05) is 51.1 Å². The second-order valence-corrected chi connectivity index (χ2v) is 19.2. The molecule has 318 valence electrons. The number of hydrogen-bond acceptors (Lipinski definition) is 10. The third-order valence-corrected chi connectivity index (χ3v) is 14.1. The molecule has 4 amide bonds. The van der Waals surface area contributed by atoms with Crippen LogP contribution in [-0.4, -0.2) is 84.3 Å². The Bertz CT molecular complexity index is 2000. The Balaban J connectivity index is 0.000000619. The first-order valence-corrected chi connectivity index (χ1v) is 22.3. The summed E-state index contributed by atoms with van der Waals surface area (Å²) in [7, 11) is -3.82. The minimum atomic E-state index is -3.82. The molecular formula is C42H65N5O9S. The summed E-state index contributed by atoms with van der Waals surface area (Å²) >= 11 is 0. The quantitative estimate of drug-likeness (QED) is 0.248. The van der Waals surface area contributed by atoms with E-state index < -0.39 is 50.9 Å². The highest BCUT2D eigenvalue weighted by Gasteiger charge is 2.62. The van der Waals surface area contributed by atoms with Crippen LogP contribution in [0, 0.1) is 29.6 Å². The van der Waals surface area contributed by atoms with Crippen LogP contribution in [0.5, 0.6) is 11.6 Å². The lowest BCUT2D eigenvalue weighted by molar-refractivity contribution is -0.140. The number of sulfonamides is 1. The van der Waals surface area contributed by atoms with E-state index in [1.807, 2.05) is 43.3 Å². The van der Waals surface area contributed by atoms with E-state index in [1.165, 1.54) is 6.42 Å². The van der Waals surface area contributed by atoms with Crippen molar-refractivity contribution in [2.24, 2.45) is 35.3 Å². The number of carbonyl (C=O) groups excluding carboxylic acids is 4. The van der Waals surface area contributed by atoms with Crippen molar-refractivity contribution in [1.82, 2.24) is 19.9 Å². The first-order chi connectivity index (χ1) is 27.3. The maximum absolute atomic E-state index is 14.1. The van der Waals surface area contributed by atoms with Gasteiger partial charge in [-0.05, 0) is 93.9 Å². The van der Waals surface area contributed by atoms with Crippen molar-refractivity contribution in [3.8, 4) is 11.6 Å². The van der Waals surface area contributed by atoms with Crippen LogP contribution in [0.3, 0.4) is 0 Å². The molecule has 1 aromatic carbocycles. The predicted octanol–water partition coefficient (Wildman–Crippen LogP) is 6.12. The van der Waals surface area contributed by atoms with E-state index in [0.29, 0.717) is 37.0 Å². The number of primary amides is 1. The molecular weight excluding hydrogens is 751 g/mol. The van der Waals surface area contributed by atoms with Gasteiger partial charge in [-0.2, -0.15) is 0 Å². The Morgan fingerprint density at radius 1 is 1.02 bits per heavy atom. The van der Waals surface area contributed by atoms with Gasteiger partial charge in [0.05, 0.1) is 24.6 Å². The molecule has 4 saturated carbocycles. The number of nitrogens with one attached hydrogen (secondary N) is 2. The number of aromatic nitrogens is 1. The van der Waals surface area contributed by atoms with Crippen molar-refractivity contribution in [2.45, 2.75) is 127 Å². The first-order valence-electron chi connectivity index (χ1n) is 20.7. The molecule has 4 aliphatic carbocycles. The van der Waals surface area contributed by atoms with Crippen molar-refractivity contribution >= 4 is 44.6 Å². The largest absolute Gasteiger partial charge is 0.491 e. The number of rotatable bonds is 9. The fourth-order valence-electron chi connectivity index (χ4n) is 8.96. The Kier molecular flexibility index (Phi) is 12.0. The normalized spacial score (nSPS) is 32.8. The summed E-state index contributed by atoms with van der Waals surface area (Å²) in [6.07, 6.45) is 13.3. The molecule has 2 aliphatic heterocycles. The van der Waals surface area contributed by atoms with Crippen LogP contribution in [0.2, 0.25) is 0 Å². The maximum Gasteiger partial charge on any atom is 0.404 e. The van der Waals surface area contributed by atoms with Crippen molar-refractivity contribution in [3.05, 3.63) is 42.6 Å². The molecule has 15 heteroatoms. The van der Waals surface area contributed by atoms with Crippen LogP contribution in [0.1, 0.15) is 104 Å². The summed E-state index contributed by atoms with van der Waals surface area (Å²) in [4.78, 5) is 57.9. The fourth-order valence-corrected chi connectivity index (χ4v) is 10.3. The SMILES string of the molecule is CCCOc1cnc(O[C@@H]2C[C@H]3C(=O)N[C@]4(C(=O)NS(=O)(=O)C5CC5)C[C@H]4/C=C\CC[C@H](C)C[C@@H](C)CC(=O)N3C2)c2ccccc12.NC(=O)OC1CC2C[C@@H]2C1.[HH].[HH].[HH].[HH]. The zero-order valence-electron chi connectivity index (χ0n) is 33.2.